The fraction of sp³-hybridized carbons (Fsp3) is 0.571. The summed E-state index contributed by atoms with van der Waals surface area (Å²) in [6, 6.07) is 0. The maximum Gasteiger partial charge on any atom is 0.115 e. The molecule has 88 valence electrons. The molecule has 0 aromatic heterocycles. The Hall–Kier alpha value is -1.02. The predicted molar refractivity (Wildman–Crippen MR) is 67.2 cm³/mol. The van der Waals surface area contributed by atoms with Crippen LogP contribution < -0.4 is 5.32 Å². The van der Waals surface area contributed by atoms with E-state index in [-0.39, 0.29) is 0 Å². The lowest BCUT2D eigenvalue weighted by Gasteiger charge is -2.24. The molecule has 0 radical (unpaired) electrons. The number of allylic oxidation sites excluding steroid dienone is 5. The van der Waals surface area contributed by atoms with Gasteiger partial charge in [0.05, 0.1) is 0 Å². The third kappa shape index (κ3) is 3.53. The second-order valence-electron chi connectivity index (χ2n) is 4.57. The molecule has 1 heterocycles. The van der Waals surface area contributed by atoms with Crippen LogP contribution >= 0.6 is 0 Å². The Bertz CT molecular complexity index is 309. The first-order valence-electron chi connectivity index (χ1n) is 6.24. The Balaban J connectivity index is 1.90. The minimum Gasteiger partial charge on any atom is -0.491 e. The molecule has 1 fully saturated rings. The van der Waals surface area contributed by atoms with Crippen molar-refractivity contribution in [2.75, 3.05) is 13.1 Å². The number of rotatable bonds is 2. The summed E-state index contributed by atoms with van der Waals surface area (Å²) < 4.78 is 6.01. The summed E-state index contributed by atoms with van der Waals surface area (Å²) in [6.07, 6.45) is 13.5. The zero-order chi connectivity index (χ0) is 11.2. The van der Waals surface area contributed by atoms with Crippen LogP contribution in [0.15, 0.2) is 35.6 Å². The first kappa shape index (κ1) is 11.5. The van der Waals surface area contributed by atoms with Crippen molar-refractivity contribution < 1.29 is 4.74 Å². The van der Waals surface area contributed by atoms with Crippen LogP contribution in [0.25, 0.3) is 0 Å². The van der Waals surface area contributed by atoms with Gasteiger partial charge < -0.3 is 10.1 Å². The smallest absolute Gasteiger partial charge is 0.115 e. The molecule has 1 N–H and O–H groups in total. The molecular formula is C14H21NO. The van der Waals surface area contributed by atoms with E-state index < -0.39 is 0 Å². The van der Waals surface area contributed by atoms with E-state index in [1.165, 1.54) is 5.57 Å². The topological polar surface area (TPSA) is 21.3 Å². The summed E-state index contributed by atoms with van der Waals surface area (Å²) in [7, 11) is 0. The molecular weight excluding hydrogens is 198 g/mol. The van der Waals surface area contributed by atoms with Crippen LogP contribution in [-0.2, 0) is 4.74 Å². The largest absolute Gasteiger partial charge is 0.491 e. The third-order valence-corrected chi connectivity index (χ3v) is 3.10. The molecule has 0 aromatic carbocycles. The van der Waals surface area contributed by atoms with E-state index in [9.17, 15) is 0 Å². The molecule has 0 atom stereocenters. The molecule has 0 bridgehead atoms. The summed E-state index contributed by atoms with van der Waals surface area (Å²) in [5.74, 6) is 1.05. The van der Waals surface area contributed by atoms with Gasteiger partial charge in [-0.15, -0.1) is 0 Å². The number of nitrogens with one attached hydrogen (secondary N) is 1. The Labute approximate surface area is 98.1 Å². The van der Waals surface area contributed by atoms with Crippen molar-refractivity contribution in [3.8, 4) is 0 Å². The molecule has 2 heteroatoms. The predicted octanol–water partition coefficient (Wildman–Crippen LogP) is 2.94. The van der Waals surface area contributed by atoms with Crippen molar-refractivity contribution in [2.24, 2.45) is 0 Å². The van der Waals surface area contributed by atoms with Gasteiger partial charge >= 0.3 is 0 Å². The highest BCUT2D eigenvalue weighted by Gasteiger charge is 2.14. The molecule has 16 heavy (non-hydrogen) atoms. The van der Waals surface area contributed by atoms with Crippen molar-refractivity contribution >= 4 is 0 Å². The molecule has 0 spiro atoms. The highest BCUT2D eigenvalue weighted by atomic mass is 16.5. The molecule has 0 saturated carbocycles. The molecule has 0 unspecified atom stereocenters. The lowest BCUT2D eigenvalue weighted by Crippen LogP contribution is -2.32. The summed E-state index contributed by atoms with van der Waals surface area (Å²) in [4.78, 5) is 0. The fourth-order valence-electron chi connectivity index (χ4n) is 2.08. The van der Waals surface area contributed by atoms with Gasteiger partial charge in [0.25, 0.3) is 0 Å². The zero-order valence-corrected chi connectivity index (χ0v) is 10.0. The highest BCUT2D eigenvalue weighted by Crippen LogP contribution is 2.17. The van der Waals surface area contributed by atoms with E-state index in [0.29, 0.717) is 6.10 Å². The van der Waals surface area contributed by atoms with Crippen LogP contribution in [0.3, 0.4) is 0 Å². The molecule has 1 aliphatic carbocycles. The average molecular weight is 219 g/mol. The van der Waals surface area contributed by atoms with Gasteiger partial charge in [-0.25, -0.2) is 0 Å². The normalized spacial score (nSPS) is 29.6. The molecule has 0 aromatic rings. The lowest BCUT2D eigenvalue weighted by atomic mass is 10.1. The summed E-state index contributed by atoms with van der Waals surface area (Å²) in [5, 5.41) is 3.35. The molecule has 1 aliphatic heterocycles. The average Bonchev–Trinajstić information content (AvgIpc) is 2.27. The highest BCUT2D eigenvalue weighted by molar-refractivity contribution is 5.20. The minimum atomic E-state index is 0.404. The molecule has 2 rings (SSSR count). The van der Waals surface area contributed by atoms with Crippen LogP contribution in [0, 0.1) is 0 Å². The van der Waals surface area contributed by atoms with Crippen LogP contribution in [-0.4, -0.2) is 19.2 Å². The van der Waals surface area contributed by atoms with E-state index in [4.69, 9.17) is 4.74 Å². The quantitative estimate of drug-likeness (QED) is 0.721. The molecule has 1 saturated heterocycles. The Morgan fingerprint density at radius 1 is 1.25 bits per heavy atom. The van der Waals surface area contributed by atoms with Gasteiger partial charge in [0.15, 0.2) is 0 Å². The van der Waals surface area contributed by atoms with Gasteiger partial charge in [-0.05, 0) is 57.8 Å². The van der Waals surface area contributed by atoms with Gasteiger partial charge in [-0.1, -0.05) is 17.7 Å². The molecule has 2 aliphatic rings. The van der Waals surface area contributed by atoms with Crippen molar-refractivity contribution in [1.82, 2.24) is 5.32 Å². The Morgan fingerprint density at radius 3 is 2.88 bits per heavy atom. The maximum atomic E-state index is 6.01. The third-order valence-electron chi connectivity index (χ3n) is 3.10. The van der Waals surface area contributed by atoms with Crippen molar-refractivity contribution in [1.29, 1.82) is 0 Å². The summed E-state index contributed by atoms with van der Waals surface area (Å²) in [6.45, 7) is 4.35. The maximum absolute atomic E-state index is 6.01. The second kappa shape index (κ2) is 5.90. The zero-order valence-electron chi connectivity index (χ0n) is 10.0. The monoisotopic (exact) mass is 219 g/mol. The molecule has 0 amide bonds. The van der Waals surface area contributed by atoms with Crippen LogP contribution in [0.1, 0.15) is 32.6 Å². The van der Waals surface area contributed by atoms with Gasteiger partial charge in [0.2, 0.25) is 0 Å². The van der Waals surface area contributed by atoms with Gasteiger partial charge in [-0.3, -0.25) is 0 Å². The van der Waals surface area contributed by atoms with E-state index >= 15 is 0 Å². The van der Waals surface area contributed by atoms with Gasteiger partial charge in [-0.2, -0.15) is 0 Å². The van der Waals surface area contributed by atoms with Crippen molar-refractivity contribution in [3.05, 3.63) is 35.6 Å². The van der Waals surface area contributed by atoms with E-state index in [2.05, 4.69) is 36.5 Å². The van der Waals surface area contributed by atoms with E-state index in [0.717, 1.165) is 44.5 Å². The first-order valence-corrected chi connectivity index (χ1v) is 6.24. The first-order chi connectivity index (χ1) is 7.84. The number of ether oxygens (including phenoxy) is 1. The van der Waals surface area contributed by atoms with Crippen molar-refractivity contribution in [3.63, 3.8) is 0 Å². The summed E-state index contributed by atoms with van der Waals surface area (Å²) >= 11 is 0. The summed E-state index contributed by atoms with van der Waals surface area (Å²) in [5.41, 5.74) is 1.44. The lowest BCUT2D eigenvalue weighted by molar-refractivity contribution is 0.0954. The van der Waals surface area contributed by atoms with Crippen LogP contribution in [0.2, 0.25) is 0 Å². The van der Waals surface area contributed by atoms with Gasteiger partial charge in [0.1, 0.15) is 11.9 Å². The standard InChI is InChI=1S/C14H21NO/c1-12-4-2-6-13(7-3-5-12)16-14-8-10-15-11-9-14/h2,5-7,14-15H,3-4,8-11H2,1H3/b6-2?,12-5-,13-7+. The van der Waals surface area contributed by atoms with Crippen LogP contribution in [0.4, 0.5) is 0 Å². The fourth-order valence-corrected chi connectivity index (χ4v) is 2.08. The Morgan fingerprint density at radius 2 is 2.06 bits per heavy atom. The number of hydrogen-bond acceptors (Lipinski definition) is 2. The number of piperidine rings is 1. The minimum absolute atomic E-state index is 0.404. The SMILES string of the molecule is C/C1=C/C/C=C(/OC2CCNCC2)C=CC1. The second-order valence-corrected chi connectivity index (χ2v) is 4.57. The van der Waals surface area contributed by atoms with Gasteiger partial charge in [0, 0.05) is 0 Å². The number of hydrogen-bond donors (Lipinski definition) is 1. The van der Waals surface area contributed by atoms with Crippen molar-refractivity contribution in [2.45, 2.75) is 38.7 Å². The van der Waals surface area contributed by atoms with E-state index in [1.54, 1.807) is 0 Å². The molecule has 2 nitrogen and oxygen atoms in total. The van der Waals surface area contributed by atoms with Crippen LogP contribution in [0.5, 0.6) is 0 Å². The van der Waals surface area contributed by atoms with E-state index in [1.807, 2.05) is 0 Å². The Kier molecular flexibility index (Phi) is 4.23.